The summed E-state index contributed by atoms with van der Waals surface area (Å²) in [6, 6.07) is 3.02. The van der Waals surface area contributed by atoms with Crippen molar-refractivity contribution in [1.29, 1.82) is 0 Å². The van der Waals surface area contributed by atoms with Crippen molar-refractivity contribution in [2.24, 2.45) is 5.41 Å². The number of nitrogens with zero attached hydrogens (tertiary/aromatic N) is 1. The summed E-state index contributed by atoms with van der Waals surface area (Å²) in [4.78, 5) is 0.0885. The molecule has 21 heavy (non-hydrogen) atoms. The quantitative estimate of drug-likeness (QED) is 0.883. The Morgan fingerprint density at radius 3 is 2.29 bits per heavy atom. The molecule has 0 atom stereocenters. The molecule has 0 aliphatic rings. The summed E-state index contributed by atoms with van der Waals surface area (Å²) < 4.78 is 26.7. The van der Waals surface area contributed by atoms with Crippen LogP contribution >= 0.6 is 23.2 Å². The van der Waals surface area contributed by atoms with Crippen molar-refractivity contribution in [3.63, 3.8) is 0 Å². The molecule has 1 aromatic carbocycles. The second kappa shape index (κ2) is 6.84. The molecule has 1 N–H and O–H groups in total. The van der Waals surface area contributed by atoms with E-state index in [0.29, 0.717) is 23.7 Å². The Hall–Kier alpha value is -0.330. The van der Waals surface area contributed by atoms with Crippen LogP contribution in [0.3, 0.4) is 0 Å². The van der Waals surface area contributed by atoms with Gasteiger partial charge in [0.25, 0.3) is 0 Å². The lowest BCUT2D eigenvalue weighted by Crippen LogP contribution is -2.34. The zero-order valence-corrected chi connectivity index (χ0v) is 15.3. The van der Waals surface area contributed by atoms with E-state index in [1.54, 1.807) is 20.2 Å². The molecule has 4 nitrogen and oxygen atoms in total. The molecule has 0 aromatic heterocycles. The molecule has 0 unspecified atom stereocenters. The summed E-state index contributed by atoms with van der Waals surface area (Å²) in [5, 5.41) is 3.56. The highest BCUT2D eigenvalue weighted by molar-refractivity contribution is 7.89. The molecular formula is C14H22Cl2N2O2S. The van der Waals surface area contributed by atoms with Crippen LogP contribution in [0.4, 0.5) is 0 Å². The summed E-state index contributed by atoms with van der Waals surface area (Å²) >= 11 is 12.3. The monoisotopic (exact) mass is 352 g/mol. The van der Waals surface area contributed by atoms with Gasteiger partial charge in [-0.05, 0) is 24.6 Å². The number of nitrogens with one attached hydrogen (secondary N) is 1. The normalized spacial score (nSPS) is 13.0. The minimum absolute atomic E-state index is 0.0885. The standard InChI is InChI=1S/C14H22Cl2N2O2S/c1-14(2,3)9-18(5)21(19,20)12-7-6-11(15)10(8-17-4)13(12)16/h6-7,17H,8-9H2,1-5H3. The van der Waals surface area contributed by atoms with Gasteiger partial charge in [-0.2, -0.15) is 0 Å². The number of benzene rings is 1. The van der Waals surface area contributed by atoms with Gasteiger partial charge >= 0.3 is 0 Å². The van der Waals surface area contributed by atoms with Crippen LogP contribution in [-0.2, 0) is 16.6 Å². The molecule has 1 rings (SSSR count). The highest BCUT2D eigenvalue weighted by Gasteiger charge is 2.28. The largest absolute Gasteiger partial charge is 0.316 e. The van der Waals surface area contributed by atoms with Crippen molar-refractivity contribution >= 4 is 33.2 Å². The predicted molar refractivity (Wildman–Crippen MR) is 88.5 cm³/mol. The van der Waals surface area contributed by atoms with Gasteiger partial charge in [-0.3, -0.25) is 0 Å². The number of hydrogen-bond acceptors (Lipinski definition) is 3. The molecule has 0 saturated carbocycles. The van der Waals surface area contributed by atoms with Gasteiger partial charge in [0.15, 0.2) is 0 Å². The van der Waals surface area contributed by atoms with Crippen LogP contribution in [0.1, 0.15) is 26.3 Å². The SMILES string of the molecule is CNCc1c(Cl)ccc(S(=O)(=O)N(C)CC(C)(C)C)c1Cl. The average Bonchev–Trinajstić information content (AvgIpc) is 2.31. The predicted octanol–water partition coefficient (Wildman–Crippen LogP) is 3.38. The van der Waals surface area contributed by atoms with Gasteiger partial charge in [-0.1, -0.05) is 44.0 Å². The van der Waals surface area contributed by atoms with Crippen LogP contribution in [0.15, 0.2) is 17.0 Å². The van der Waals surface area contributed by atoms with E-state index in [-0.39, 0.29) is 15.3 Å². The maximum absolute atomic E-state index is 12.7. The average molecular weight is 353 g/mol. The molecule has 0 aliphatic heterocycles. The van der Waals surface area contributed by atoms with Crippen LogP contribution in [0, 0.1) is 5.41 Å². The van der Waals surface area contributed by atoms with Crippen LogP contribution in [0.5, 0.6) is 0 Å². The molecule has 7 heteroatoms. The third kappa shape index (κ3) is 4.57. The van der Waals surface area contributed by atoms with Gasteiger partial charge < -0.3 is 5.32 Å². The van der Waals surface area contributed by atoms with Crippen molar-refractivity contribution in [2.75, 3.05) is 20.6 Å². The molecule has 0 amide bonds. The van der Waals surface area contributed by atoms with E-state index in [4.69, 9.17) is 23.2 Å². The Morgan fingerprint density at radius 1 is 1.24 bits per heavy atom. The molecule has 0 saturated heterocycles. The van der Waals surface area contributed by atoms with Gasteiger partial charge in [-0.15, -0.1) is 0 Å². The number of halogens is 2. The van der Waals surface area contributed by atoms with E-state index in [2.05, 4.69) is 5.32 Å². The van der Waals surface area contributed by atoms with Gasteiger partial charge in [0.1, 0.15) is 4.90 Å². The first kappa shape index (κ1) is 18.7. The molecular weight excluding hydrogens is 331 g/mol. The highest BCUT2D eigenvalue weighted by atomic mass is 35.5. The van der Waals surface area contributed by atoms with Gasteiger partial charge in [0.2, 0.25) is 10.0 Å². The van der Waals surface area contributed by atoms with Gasteiger partial charge in [0.05, 0.1) is 5.02 Å². The molecule has 0 heterocycles. The summed E-state index contributed by atoms with van der Waals surface area (Å²) in [6.45, 7) is 6.75. The number of rotatable bonds is 5. The summed E-state index contributed by atoms with van der Waals surface area (Å²) in [7, 11) is -0.337. The Bertz CT molecular complexity index is 610. The van der Waals surface area contributed by atoms with E-state index >= 15 is 0 Å². The number of hydrogen-bond donors (Lipinski definition) is 1. The Kier molecular flexibility index (Phi) is 6.09. The molecule has 120 valence electrons. The zero-order valence-electron chi connectivity index (χ0n) is 13.0. The Balaban J connectivity index is 3.29. The Labute approximate surface area is 137 Å². The molecule has 1 aromatic rings. The summed E-state index contributed by atoms with van der Waals surface area (Å²) in [5.41, 5.74) is 0.445. The van der Waals surface area contributed by atoms with Crippen molar-refractivity contribution in [3.05, 3.63) is 27.7 Å². The van der Waals surface area contributed by atoms with Gasteiger partial charge in [0, 0.05) is 30.7 Å². The first-order valence-corrected chi connectivity index (χ1v) is 8.78. The minimum Gasteiger partial charge on any atom is -0.316 e. The van der Waals surface area contributed by atoms with E-state index < -0.39 is 10.0 Å². The lowest BCUT2D eigenvalue weighted by molar-refractivity contribution is 0.311. The first-order chi connectivity index (χ1) is 9.50. The van der Waals surface area contributed by atoms with Crippen LogP contribution < -0.4 is 5.32 Å². The smallest absolute Gasteiger partial charge is 0.244 e. The lowest BCUT2D eigenvalue weighted by atomic mass is 9.97. The maximum Gasteiger partial charge on any atom is 0.244 e. The first-order valence-electron chi connectivity index (χ1n) is 6.58. The van der Waals surface area contributed by atoms with Crippen LogP contribution in [-0.4, -0.2) is 33.4 Å². The third-order valence-electron chi connectivity index (χ3n) is 2.89. The second-order valence-corrected chi connectivity index (χ2v) is 8.99. The second-order valence-electron chi connectivity index (χ2n) is 6.19. The number of sulfonamides is 1. The van der Waals surface area contributed by atoms with Crippen molar-refractivity contribution in [1.82, 2.24) is 9.62 Å². The van der Waals surface area contributed by atoms with E-state index in [9.17, 15) is 8.42 Å². The molecule has 0 fully saturated rings. The lowest BCUT2D eigenvalue weighted by Gasteiger charge is -2.26. The Morgan fingerprint density at radius 2 is 1.81 bits per heavy atom. The van der Waals surface area contributed by atoms with Crippen LogP contribution in [0.25, 0.3) is 0 Å². The van der Waals surface area contributed by atoms with Crippen LogP contribution in [0.2, 0.25) is 10.0 Å². The highest BCUT2D eigenvalue weighted by Crippen LogP contribution is 2.33. The molecule has 0 bridgehead atoms. The molecule has 0 radical (unpaired) electrons. The zero-order chi connectivity index (χ0) is 16.4. The maximum atomic E-state index is 12.7. The van der Waals surface area contributed by atoms with E-state index in [0.717, 1.165) is 0 Å². The van der Waals surface area contributed by atoms with E-state index in [1.165, 1.54) is 10.4 Å². The summed E-state index contributed by atoms with van der Waals surface area (Å²) in [6.07, 6.45) is 0. The topological polar surface area (TPSA) is 49.4 Å². The summed E-state index contributed by atoms with van der Waals surface area (Å²) in [5.74, 6) is 0. The fourth-order valence-electron chi connectivity index (χ4n) is 2.04. The fourth-order valence-corrected chi connectivity index (χ4v) is 4.31. The molecule has 0 aliphatic carbocycles. The van der Waals surface area contributed by atoms with Crippen molar-refractivity contribution < 1.29 is 8.42 Å². The van der Waals surface area contributed by atoms with Crippen molar-refractivity contribution in [3.8, 4) is 0 Å². The van der Waals surface area contributed by atoms with Gasteiger partial charge in [-0.25, -0.2) is 12.7 Å². The third-order valence-corrected chi connectivity index (χ3v) is 5.63. The minimum atomic E-state index is -3.65. The van der Waals surface area contributed by atoms with Crippen molar-refractivity contribution in [2.45, 2.75) is 32.2 Å². The fraction of sp³-hybridized carbons (Fsp3) is 0.571. The van der Waals surface area contributed by atoms with E-state index in [1.807, 2.05) is 20.8 Å². The molecule has 0 spiro atoms.